The van der Waals surface area contributed by atoms with Crippen molar-refractivity contribution in [3.8, 4) is 0 Å². The molecule has 4 rings (SSSR count). The van der Waals surface area contributed by atoms with E-state index in [4.69, 9.17) is 14.2 Å². The summed E-state index contributed by atoms with van der Waals surface area (Å²) in [6, 6.07) is 0.562. The molecule has 0 saturated carbocycles. The van der Waals surface area contributed by atoms with E-state index in [1.807, 2.05) is 11.8 Å². The van der Waals surface area contributed by atoms with Crippen molar-refractivity contribution in [3.05, 3.63) is 0 Å². The normalized spacial score (nSPS) is 26.6. The van der Waals surface area contributed by atoms with Crippen LogP contribution in [0.5, 0.6) is 0 Å². The van der Waals surface area contributed by atoms with Gasteiger partial charge in [0, 0.05) is 24.6 Å². The van der Waals surface area contributed by atoms with E-state index in [9.17, 15) is 19.2 Å². The van der Waals surface area contributed by atoms with Crippen LogP contribution in [-0.2, 0) is 23.7 Å². The Labute approximate surface area is 258 Å². The van der Waals surface area contributed by atoms with Crippen molar-refractivity contribution in [3.63, 3.8) is 0 Å². The topological polar surface area (TPSA) is 223 Å². The summed E-state index contributed by atoms with van der Waals surface area (Å²) in [5, 5.41) is 26.1. The van der Waals surface area contributed by atoms with Gasteiger partial charge in [0.1, 0.15) is 0 Å². The zero-order valence-corrected chi connectivity index (χ0v) is 25.9. The van der Waals surface area contributed by atoms with Crippen LogP contribution < -0.4 is 47.9 Å². The lowest BCUT2D eigenvalue weighted by Crippen LogP contribution is -2.39. The Hall–Kier alpha value is -2.46. The molecule has 0 bridgehead atoms. The zero-order chi connectivity index (χ0) is 30.9. The lowest BCUT2D eigenvalue weighted by Gasteiger charge is -2.17. The van der Waals surface area contributed by atoms with Crippen LogP contribution in [0.1, 0.15) is 0 Å². The van der Waals surface area contributed by atoms with Crippen LogP contribution in [0.15, 0.2) is 0 Å². The van der Waals surface area contributed by atoms with Gasteiger partial charge in [-0.3, -0.25) is 16.0 Å². The van der Waals surface area contributed by atoms with Crippen LogP contribution in [0, 0.1) is 0 Å². The highest BCUT2D eigenvalue weighted by Gasteiger charge is 2.44. The molecule has 6 amide bonds. The molecule has 20 heteroatoms. The van der Waals surface area contributed by atoms with Crippen molar-refractivity contribution in [1.29, 1.82) is 0 Å². The van der Waals surface area contributed by atoms with Gasteiger partial charge in [-0.05, 0) is 0 Å². The molecule has 18 nitrogen and oxygen atoms in total. The molecule has 4 heterocycles. The van der Waals surface area contributed by atoms with E-state index in [0.717, 1.165) is 11.5 Å². The number of carbonyl (C=O) groups is 4. The summed E-state index contributed by atoms with van der Waals surface area (Å²) < 4.78 is 25.2. The molecular formula is C23H43N9O9S2. The minimum Gasteiger partial charge on any atom is -0.453 e. The monoisotopic (exact) mass is 653 g/mol. The van der Waals surface area contributed by atoms with Crippen molar-refractivity contribution in [1.82, 2.24) is 47.9 Å². The van der Waals surface area contributed by atoms with Gasteiger partial charge < -0.3 is 55.6 Å². The van der Waals surface area contributed by atoms with Crippen LogP contribution in [0.3, 0.4) is 0 Å². The average Bonchev–Trinajstić information content (AvgIpc) is 3.75. The third-order valence-electron chi connectivity index (χ3n) is 6.56. The number of nitrogens with one attached hydrogen (secondary N) is 9. The number of fused-ring (bicyclic) bond motifs is 2. The van der Waals surface area contributed by atoms with Gasteiger partial charge in [-0.25, -0.2) is 19.2 Å². The van der Waals surface area contributed by atoms with E-state index in [2.05, 4.69) is 57.3 Å². The van der Waals surface area contributed by atoms with Crippen molar-refractivity contribution in [2.45, 2.75) is 34.7 Å². The molecule has 9 N–H and O–H groups in total. The molecule has 0 aliphatic carbocycles. The first-order chi connectivity index (χ1) is 20.9. The predicted octanol–water partition coefficient (Wildman–Crippen LogP) is -2.38. The largest absolute Gasteiger partial charge is 0.453 e. The van der Waals surface area contributed by atoms with Gasteiger partial charge >= 0.3 is 24.2 Å². The summed E-state index contributed by atoms with van der Waals surface area (Å²) in [5.74, 6) is 1.84. The van der Waals surface area contributed by atoms with Gasteiger partial charge in [0.25, 0.3) is 0 Å². The number of carbonyl (C=O) groups excluding carboxylic acids is 4. The van der Waals surface area contributed by atoms with Crippen molar-refractivity contribution in [2.24, 2.45) is 0 Å². The van der Waals surface area contributed by atoms with E-state index in [1.165, 1.54) is 14.2 Å². The van der Waals surface area contributed by atoms with Gasteiger partial charge in [-0.15, -0.1) is 0 Å². The Morgan fingerprint density at radius 3 is 1.79 bits per heavy atom. The number of methoxy groups -OCH3 is 2. The number of ether oxygens (including phenoxy) is 5. The maximum atomic E-state index is 11.2. The van der Waals surface area contributed by atoms with E-state index >= 15 is 0 Å². The fourth-order valence-electron chi connectivity index (χ4n) is 4.45. The molecule has 4 saturated heterocycles. The van der Waals surface area contributed by atoms with Gasteiger partial charge in [0.15, 0.2) is 0 Å². The van der Waals surface area contributed by atoms with Gasteiger partial charge in [-0.1, -0.05) is 0 Å². The molecule has 0 aromatic carbocycles. The molecule has 0 aromatic heterocycles. The number of urea groups is 2. The lowest BCUT2D eigenvalue weighted by atomic mass is 10.1. The molecule has 6 atom stereocenters. The number of thioether (sulfide) groups is 2. The van der Waals surface area contributed by atoms with Gasteiger partial charge in [0.2, 0.25) is 0 Å². The molecule has 4 aliphatic rings. The van der Waals surface area contributed by atoms with Crippen molar-refractivity contribution in [2.75, 3.05) is 85.6 Å². The molecule has 4 aliphatic heterocycles. The Morgan fingerprint density at radius 1 is 0.698 bits per heavy atom. The second-order valence-electron chi connectivity index (χ2n) is 9.53. The highest BCUT2D eigenvalue weighted by molar-refractivity contribution is 8.00. The number of hydrogen-bond acceptors (Lipinski definition) is 14. The Bertz CT molecular complexity index is 897. The first kappa shape index (κ1) is 35.0. The number of amides is 6. The second kappa shape index (κ2) is 19.7. The van der Waals surface area contributed by atoms with E-state index in [-0.39, 0.29) is 60.1 Å². The Balaban J connectivity index is 0.000000238. The van der Waals surface area contributed by atoms with Crippen LogP contribution in [0.2, 0.25) is 0 Å². The molecule has 246 valence electrons. The Kier molecular flexibility index (Phi) is 16.1. The lowest BCUT2D eigenvalue weighted by molar-refractivity contribution is 0.0509. The first-order valence-corrected chi connectivity index (χ1v) is 15.9. The van der Waals surface area contributed by atoms with Gasteiger partial charge in [-0.2, -0.15) is 23.5 Å². The smallest absolute Gasteiger partial charge is 0.407 e. The zero-order valence-electron chi connectivity index (χ0n) is 24.2. The van der Waals surface area contributed by atoms with Crippen LogP contribution in [0.4, 0.5) is 19.2 Å². The van der Waals surface area contributed by atoms with Gasteiger partial charge in [0.05, 0.1) is 95.7 Å². The first-order valence-electron chi connectivity index (χ1n) is 13.8. The summed E-state index contributed by atoms with van der Waals surface area (Å²) in [6.07, 6.45) is -0.935. The number of rotatable bonds is 17. The SMILES string of the molecule is COC(=O)NCCNCOCC1SCC2NC(=O)NC21.COC(=O)NCNCOCNCOCC1SCC2NC(=O)NC21. The standard InChI is InChI=1S/C12H23N5O5S.C11H20N4O4S/c1-20-12(19)15-4-13-5-22-7-14-6-21-2-9-10-8(3-23-9)16-11(18)17-10;1-18-11(17)13-3-2-12-6-19-4-8-9-7(5-20-8)14-10(16)15-9/h8-10,13-14H,2-7H2,1H3,(H,15,19)(H2,16,17,18);7-9,12H,2-6H2,1H3,(H,13,17)(H2,14,15,16). The molecule has 0 radical (unpaired) electrons. The molecule has 4 fully saturated rings. The summed E-state index contributed by atoms with van der Waals surface area (Å²) >= 11 is 3.61. The Morgan fingerprint density at radius 2 is 1.21 bits per heavy atom. The maximum absolute atomic E-state index is 11.2. The third-order valence-corrected chi connectivity index (χ3v) is 9.37. The molecular weight excluding hydrogens is 610 g/mol. The van der Waals surface area contributed by atoms with Crippen molar-refractivity contribution >= 4 is 47.8 Å². The van der Waals surface area contributed by atoms with Crippen LogP contribution in [0.25, 0.3) is 0 Å². The second-order valence-corrected chi connectivity index (χ2v) is 12.1. The fraction of sp³-hybridized carbons (Fsp3) is 0.826. The average molecular weight is 654 g/mol. The van der Waals surface area contributed by atoms with Crippen LogP contribution >= 0.6 is 23.5 Å². The highest BCUT2D eigenvalue weighted by Crippen LogP contribution is 2.30. The quantitative estimate of drug-likeness (QED) is 0.0455. The fourth-order valence-corrected chi connectivity index (χ4v) is 7.26. The predicted molar refractivity (Wildman–Crippen MR) is 159 cm³/mol. The van der Waals surface area contributed by atoms with Crippen LogP contribution in [-0.4, -0.2) is 145 Å². The number of alkyl carbamates (subject to hydrolysis) is 2. The van der Waals surface area contributed by atoms with E-state index < -0.39 is 12.2 Å². The summed E-state index contributed by atoms with van der Waals surface area (Å²) in [4.78, 5) is 44.0. The summed E-state index contributed by atoms with van der Waals surface area (Å²) in [5.41, 5.74) is 0. The molecule has 6 unspecified atom stereocenters. The highest BCUT2D eigenvalue weighted by atomic mass is 32.2. The minimum atomic E-state index is -0.496. The minimum absolute atomic E-state index is 0.0858. The third kappa shape index (κ3) is 12.6. The maximum Gasteiger partial charge on any atom is 0.407 e. The summed E-state index contributed by atoms with van der Waals surface area (Å²) in [6.45, 7) is 3.92. The molecule has 43 heavy (non-hydrogen) atoms. The number of hydrogen-bond donors (Lipinski definition) is 9. The molecule has 0 spiro atoms. The molecule has 0 aromatic rings. The summed E-state index contributed by atoms with van der Waals surface area (Å²) in [7, 11) is 2.63. The van der Waals surface area contributed by atoms with E-state index in [1.54, 1.807) is 11.8 Å². The van der Waals surface area contributed by atoms with E-state index in [0.29, 0.717) is 46.5 Å². The van der Waals surface area contributed by atoms with Crippen molar-refractivity contribution < 1.29 is 42.9 Å².